The Hall–Kier alpha value is -10.6. The molecule has 0 rings (SSSR count). The zero-order valence-corrected chi connectivity index (χ0v) is 87.0. The Kier molecular flexibility index (Phi) is 105. The highest BCUT2D eigenvalue weighted by molar-refractivity contribution is 5.94. The van der Waals surface area contributed by atoms with E-state index in [-0.39, 0.29) is 148 Å². The average molecular weight is 1920 g/mol. The van der Waals surface area contributed by atoms with Crippen LogP contribution in [0.25, 0.3) is 0 Å². The second-order valence-corrected chi connectivity index (χ2v) is 31.7. The van der Waals surface area contributed by atoms with Gasteiger partial charge in [-0.05, 0) is 158 Å². The van der Waals surface area contributed by atoms with Gasteiger partial charge in [0.05, 0.1) is 52.9 Å². The van der Waals surface area contributed by atoms with Crippen molar-refractivity contribution in [1.29, 1.82) is 0 Å². The van der Waals surface area contributed by atoms with E-state index in [2.05, 4.69) is 85.1 Å². The molecule has 1 unspecified atom stereocenters. The van der Waals surface area contributed by atoms with Crippen LogP contribution in [0.5, 0.6) is 0 Å². The van der Waals surface area contributed by atoms with Crippen LogP contribution in [0.15, 0.2) is 101 Å². The number of esters is 8. The third-order valence-electron chi connectivity index (χ3n) is 18.7. The number of methoxy groups -OCH3 is 1. The zero-order chi connectivity index (χ0) is 105. The maximum Gasteiger partial charge on any atom is 0.325 e. The maximum absolute atomic E-state index is 11.9. The number of hydrogen-bond donors (Lipinski definition) is 0. The van der Waals surface area contributed by atoms with Gasteiger partial charge in [-0.15, -0.1) is 0 Å². The standard InChI is InChI=1S/C17H31NO3.C15H27NO3.2C13H23NO3.2C12H21NO3.C11H19NO3.C10H17NO3/c1-5-9-11-15(7-3)14-21-17(20)13-18(12-10-6-2)16(19)8-4;1-4-7-9-10-12-19-15(18)13-16(11-8-5-2)14(17)6-3;1-5-7-8-14(12(15)6-2)9-13(16)17-10-11(3)4;1-4-7-9-14(12(15)6-3)11-13(16)17-10-8-5-2;1-5-7-8-13(11(14)6-2)9-12(15)16-10(3)4;1-4-7-8-13(11(14)6-3)10-12(15)16-9-5-2;1-4-7-8-12(10(13)5-2)9-11(14)15-6-3;1-4-6-7-11(9(12)5-2)8-10(13)14-3/h8,15H,4-7,9-14H2,1-3H3;6H,3-5,7-13H2,1-2H3;6,11H,2,5,7-10H2,1,3-4H3;6H,3-5,7-11H2,1-2H3;6,10H,2,5,7-9H2,1,3-4H3;6H,3-5,7-10H2,1-2H3;5H,2,4,6-9H2,1,3H3;5H,2,4,6-8H2,1,3H3. The van der Waals surface area contributed by atoms with Crippen molar-refractivity contribution in [3.63, 3.8) is 0 Å². The van der Waals surface area contributed by atoms with Crippen molar-refractivity contribution in [3.8, 4) is 0 Å². The number of hydrogen-bond acceptors (Lipinski definition) is 24. The third kappa shape index (κ3) is 89.7. The van der Waals surface area contributed by atoms with Crippen LogP contribution >= 0.6 is 0 Å². The van der Waals surface area contributed by atoms with Gasteiger partial charge in [0.2, 0.25) is 47.3 Å². The van der Waals surface area contributed by atoms with Gasteiger partial charge in [0.15, 0.2) is 0 Å². The van der Waals surface area contributed by atoms with Gasteiger partial charge in [-0.2, -0.15) is 0 Å². The Morgan fingerprint density at radius 1 is 0.244 bits per heavy atom. The van der Waals surface area contributed by atoms with Crippen molar-refractivity contribution in [2.45, 2.75) is 304 Å². The van der Waals surface area contributed by atoms with Crippen molar-refractivity contribution in [2.24, 2.45) is 11.8 Å². The van der Waals surface area contributed by atoms with E-state index in [4.69, 9.17) is 33.2 Å². The number of carbonyl (C=O) groups is 16. The molecule has 0 radical (unpaired) electrons. The highest BCUT2D eigenvalue weighted by Gasteiger charge is 2.23. The minimum atomic E-state index is -0.406. The molecular weight excluding hydrogens is 1730 g/mol. The number of rotatable bonds is 68. The largest absolute Gasteiger partial charge is 0.468 e. The topological polar surface area (TPSA) is 373 Å². The Morgan fingerprint density at radius 3 is 0.696 bits per heavy atom. The number of amides is 8. The van der Waals surface area contributed by atoms with E-state index in [0.717, 1.165) is 173 Å². The van der Waals surface area contributed by atoms with E-state index in [1.165, 1.54) is 94.9 Å². The summed E-state index contributed by atoms with van der Waals surface area (Å²) in [6.07, 6.45) is 35.8. The van der Waals surface area contributed by atoms with Crippen molar-refractivity contribution in [1.82, 2.24) is 39.2 Å². The number of unbranched alkanes of at least 4 members (excludes halogenated alkanes) is 13. The zero-order valence-electron chi connectivity index (χ0n) is 87.0. The molecule has 32 heteroatoms. The number of nitrogens with zero attached hydrogens (tertiary/aromatic N) is 8. The molecule has 0 aliphatic rings. The van der Waals surface area contributed by atoms with Crippen LogP contribution in [0.4, 0.5) is 0 Å². The molecule has 0 spiro atoms. The molecular formula is C103H182N8O24. The fourth-order valence-electron chi connectivity index (χ4n) is 10.6. The van der Waals surface area contributed by atoms with Crippen LogP contribution in [0.1, 0.15) is 298 Å². The number of ether oxygens (including phenoxy) is 8. The lowest BCUT2D eigenvalue weighted by atomic mass is 10.0. The molecule has 0 aliphatic carbocycles. The molecule has 0 bridgehead atoms. The maximum atomic E-state index is 11.9. The van der Waals surface area contributed by atoms with Crippen LogP contribution in [-0.4, -0.2) is 292 Å². The predicted molar refractivity (Wildman–Crippen MR) is 536 cm³/mol. The van der Waals surface area contributed by atoms with Gasteiger partial charge < -0.3 is 77.1 Å². The van der Waals surface area contributed by atoms with Crippen LogP contribution < -0.4 is 0 Å². The molecule has 0 heterocycles. The summed E-state index contributed by atoms with van der Waals surface area (Å²) in [5.41, 5.74) is 0. The summed E-state index contributed by atoms with van der Waals surface area (Å²) in [4.78, 5) is 195. The van der Waals surface area contributed by atoms with Crippen LogP contribution in [0, 0.1) is 11.8 Å². The number of carbonyl (C=O) groups excluding carboxylic acids is 16. The van der Waals surface area contributed by atoms with Crippen molar-refractivity contribution in [3.05, 3.63) is 101 Å². The minimum absolute atomic E-state index is 0.00134. The molecule has 0 aromatic heterocycles. The molecule has 0 fully saturated rings. The second-order valence-electron chi connectivity index (χ2n) is 31.7. The summed E-state index contributed by atoms with van der Waals surface area (Å²) in [6.45, 7) is 70.4. The fraction of sp³-hybridized carbons (Fsp3) is 0.689. The second kappa shape index (κ2) is 101. The van der Waals surface area contributed by atoms with Crippen LogP contribution in [-0.2, 0) is 115 Å². The molecule has 135 heavy (non-hydrogen) atoms. The van der Waals surface area contributed by atoms with Crippen molar-refractivity contribution in [2.75, 3.05) is 151 Å². The summed E-state index contributed by atoms with van der Waals surface area (Å²) in [6, 6.07) is 0. The Bertz CT molecular complexity index is 3290. The van der Waals surface area contributed by atoms with Crippen LogP contribution in [0.2, 0.25) is 0 Å². The summed E-state index contributed by atoms with van der Waals surface area (Å²) in [5.74, 6) is -3.90. The van der Waals surface area contributed by atoms with E-state index in [1.54, 1.807) is 20.8 Å². The van der Waals surface area contributed by atoms with E-state index in [9.17, 15) is 76.7 Å². The first-order valence-electron chi connectivity index (χ1n) is 48.9. The smallest absolute Gasteiger partial charge is 0.325 e. The van der Waals surface area contributed by atoms with Gasteiger partial charge in [0.25, 0.3) is 0 Å². The van der Waals surface area contributed by atoms with Gasteiger partial charge in [-0.25, -0.2) is 0 Å². The molecule has 0 saturated carbocycles. The van der Waals surface area contributed by atoms with E-state index < -0.39 is 5.97 Å². The molecule has 0 N–H and O–H groups in total. The lowest BCUT2D eigenvalue weighted by molar-refractivity contribution is -0.151. The van der Waals surface area contributed by atoms with Gasteiger partial charge in [-0.3, -0.25) is 76.7 Å². The fourth-order valence-corrected chi connectivity index (χ4v) is 10.6. The Morgan fingerprint density at radius 2 is 0.474 bits per heavy atom. The monoisotopic (exact) mass is 1920 g/mol. The Labute approximate surface area is 813 Å². The predicted octanol–water partition coefficient (Wildman–Crippen LogP) is 16.5. The normalized spacial score (nSPS) is 10.1. The van der Waals surface area contributed by atoms with E-state index in [1.807, 2.05) is 76.2 Å². The molecule has 8 amide bonds. The minimum Gasteiger partial charge on any atom is -0.468 e. The van der Waals surface area contributed by atoms with Gasteiger partial charge in [-0.1, -0.05) is 253 Å². The molecule has 0 aromatic rings. The van der Waals surface area contributed by atoms with Gasteiger partial charge >= 0.3 is 47.8 Å². The van der Waals surface area contributed by atoms with Crippen molar-refractivity contribution >= 4 is 95.0 Å². The summed E-state index contributed by atoms with van der Waals surface area (Å²) < 4.78 is 39.7. The highest BCUT2D eigenvalue weighted by atomic mass is 16.6. The lowest BCUT2D eigenvalue weighted by Crippen LogP contribution is -2.36. The average Bonchev–Trinajstić information content (AvgIpc) is 1.01. The van der Waals surface area contributed by atoms with E-state index >= 15 is 0 Å². The van der Waals surface area contributed by atoms with Gasteiger partial charge in [0, 0.05) is 52.4 Å². The molecule has 0 aliphatic heterocycles. The highest BCUT2D eigenvalue weighted by Crippen LogP contribution is 2.14. The lowest BCUT2D eigenvalue weighted by Gasteiger charge is -2.21. The quantitative estimate of drug-likeness (QED) is 0.0236. The molecule has 0 saturated heterocycles. The first-order valence-corrected chi connectivity index (χ1v) is 48.9. The van der Waals surface area contributed by atoms with E-state index in [0.29, 0.717) is 104 Å². The molecule has 1 atom stereocenters. The first-order chi connectivity index (χ1) is 64.3. The summed E-state index contributed by atoms with van der Waals surface area (Å²) in [7, 11) is 1.30. The van der Waals surface area contributed by atoms with Gasteiger partial charge in [0.1, 0.15) is 52.4 Å². The van der Waals surface area contributed by atoms with Crippen LogP contribution in [0.3, 0.4) is 0 Å². The summed E-state index contributed by atoms with van der Waals surface area (Å²) in [5, 5.41) is 0. The van der Waals surface area contributed by atoms with Crippen molar-refractivity contribution < 1.29 is 115 Å². The SMILES string of the molecule is C=CC(=O)N(CCCC)CC(=O)OC.C=CC(=O)N(CCCC)CC(=O)OC(C)C.C=CC(=O)N(CCCC)CC(=O)OCC.C=CC(=O)N(CCCC)CC(=O)OCC(C)C.C=CC(=O)N(CCCC)CC(=O)OCC(CC)CCCC.C=CC(=O)N(CCCC)CC(=O)OCCC.C=CC(=O)N(CCCC)CC(=O)OCCCC.C=CC(=O)N(CCCC)CC(=O)OCCCCCC. The molecule has 0 aromatic carbocycles. The first kappa shape index (κ1) is 140. The molecule has 32 nitrogen and oxygen atoms in total. The Balaban J connectivity index is -0.000000228. The third-order valence-corrected chi connectivity index (χ3v) is 18.7. The molecule has 778 valence electrons. The summed E-state index contributed by atoms with van der Waals surface area (Å²) >= 11 is 0.